The Labute approximate surface area is 123 Å². The maximum absolute atomic E-state index is 9.63. The molecule has 1 aromatic rings. The number of nitrogens with zero attached hydrogens (tertiary/aromatic N) is 2. The van der Waals surface area contributed by atoms with Crippen molar-refractivity contribution in [3.8, 4) is 6.07 Å². The number of hydrogen-bond acceptors (Lipinski definition) is 3. The molecule has 0 aromatic carbocycles. The number of fused-ring (bicyclic) bond motifs is 2. The van der Waals surface area contributed by atoms with Gasteiger partial charge in [-0.1, -0.05) is 6.07 Å². The Morgan fingerprint density at radius 1 is 1.40 bits per heavy atom. The van der Waals surface area contributed by atoms with E-state index in [0.29, 0.717) is 5.92 Å². The summed E-state index contributed by atoms with van der Waals surface area (Å²) in [5.41, 5.74) is 3.77. The molecular formula is C16H18N3S+. The van der Waals surface area contributed by atoms with E-state index in [0.717, 1.165) is 5.71 Å². The summed E-state index contributed by atoms with van der Waals surface area (Å²) in [6.07, 6.45) is 2.53. The van der Waals surface area contributed by atoms with Crippen molar-refractivity contribution in [3.05, 3.63) is 33.8 Å². The van der Waals surface area contributed by atoms with Gasteiger partial charge in [0.2, 0.25) is 0 Å². The summed E-state index contributed by atoms with van der Waals surface area (Å²) in [4.78, 5) is 7.77. The Morgan fingerprint density at radius 3 is 2.85 bits per heavy atom. The monoisotopic (exact) mass is 284 g/mol. The molecule has 4 aliphatic heterocycles. The molecule has 0 aliphatic carbocycles. The molecule has 0 spiro atoms. The molecule has 1 N–H and O–H groups in total. The molecule has 5 rings (SSSR count). The minimum Gasteiger partial charge on any atom is -0.304 e. The van der Waals surface area contributed by atoms with E-state index in [1.165, 1.54) is 42.2 Å². The molecule has 1 saturated heterocycles. The quantitative estimate of drug-likeness (QED) is 0.841. The lowest BCUT2D eigenvalue weighted by Gasteiger charge is -2.43. The predicted molar refractivity (Wildman–Crippen MR) is 79.7 cm³/mol. The van der Waals surface area contributed by atoms with Crippen molar-refractivity contribution < 1.29 is 4.90 Å². The second-order valence-electron chi connectivity index (χ2n) is 6.03. The van der Waals surface area contributed by atoms with Gasteiger partial charge in [-0.2, -0.15) is 5.26 Å². The van der Waals surface area contributed by atoms with Crippen molar-refractivity contribution in [2.75, 3.05) is 13.1 Å². The SMILES string of the molecule is CC1=NC2=C([C@@H](c3cccs3)C1C#N)[NH+]1CCC2CC1. The van der Waals surface area contributed by atoms with Gasteiger partial charge in [0.25, 0.3) is 0 Å². The lowest BCUT2D eigenvalue weighted by molar-refractivity contribution is -0.875. The van der Waals surface area contributed by atoms with Crippen molar-refractivity contribution in [2.45, 2.75) is 25.7 Å². The Morgan fingerprint density at radius 2 is 2.20 bits per heavy atom. The van der Waals surface area contributed by atoms with Crippen LogP contribution in [0.5, 0.6) is 0 Å². The highest BCUT2D eigenvalue weighted by Crippen LogP contribution is 2.43. The molecule has 4 aliphatic rings. The minimum absolute atomic E-state index is 0.0840. The molecule has 0 radical (unpaired) electrons. The van der Waals surface area contributed by atoms with Crippen LogP contribution in [0.15, 0.2) is 33.9 Å². The number of nitriles is 1. The van der Waals surface area contributed by atoms with Gasteiger partial charge in [-0.25, -0.2) is 0 Å². The summed E-state index contributed by atoms with van der Waals surface area (Å²) in [5.74, 6) is 0.796. The van der Waals surface area contributed by atoms with Gasteiger partial charge in [0.05, 0.1) is 25.1 Å². The average molecular weight is 284 g/mol. The maximum atomic E-state index is 9.63. The summed E-state index contributed by atoms with van der Waals surface area (Å²) in [7, 11) is 0. The smallest absolute Gasteiger partial charge is 0.139 e. The van der Waals surface area contributed by atoms with Crippen LogP contribution < -0.4 is 4.90 Å². The Balaban J connectivity index is 1.90. The first kappa shape index (κ1) is 12.3. The maximum Gasteiger partial charge on any atom is 0.139 e. The molecule has 4 heteroatoms. The Kier molecular flexibility index (Phi) is 2.80. The van der Waals surface area contributed by atoms with E-state index in [9.17, 15) is 5.26 Å². The summed E-state index contributed by atoms with van der Waals surface area (Å²) in [5, 5.41) is 11.8. The average Bonchev–Trinajstić information content (AvgIpc) is 3.00. The van der Waals surface area contributed by atoms with Crippen LogP contribution >= 0.6 is 11.3 Å². The van der Waals surface area contributed by atoms with Gasteiger partial charge < -0.3 is 4.90 Å². The lowest BCUT2D eigenvalue weighted by Crippen LogP contribution is -3.13. The third-order valence-electron chi connectivity index (χ3n) is 5.01. The highest BCUT2D eigenvalue weighted by molar-refractivity contribution is 7.10. The summed E-state index contributed by atoms with van der Waals surface area (Å²) in [6, 6.07) is 6.80. The highest BCUT2D eigenvalue weighted by Gasteiger charge is 2.47. The molecular weight excluding hydrogens is 266 g/mol. The zero-order valence-electron chi connectivity index (χ0n) is 11.6. The number of piperidine rings is 1. The van der Waals surface area contributed by atoms with Crippen LogP contribution in [0.1, 0.15) is 30.6 Å². The molecule has 102 valence electrons. The van der Waals surface area contributed by atoms with Crippen molar-refractivity contribution in [2.24, 2.45) is 16.8 Å². The number of aliphatic imine (C=N–C) groups is 1. The molecule has 2 bridgehead atoms. The third kappa shape index (κ3) is 1.63. The molecule has 5 heterocycles. The number of allylic oxidation sites excluding steroid dienone is 2. The summed E-state index contributed by atoms with van der Waals surface area (Å²) >= 11 is 1.78. The van der Waals surface area contributed by atoms with Crippen LogP contribution in [0.3, 0.4) is 0 Å². The summed E-state index contributed by atoms with van der Waals surface area (Å²) < 4.78 is 0. The molecule has 1 unspecified atom stereocenters. The largest absolute Gasteiger partial charge is 0.304 e. The molecule has 3 nitrogen and oxygen atoms in total. The van der Waals surface area contributed by atoms with E-state index in [4.69, 9.17) is 4.99 Å². The molecule has 20 heavy (non-hydrogen) atoms. The van der Waals surface area contributed by atoms with Gasteiger partial charge in [0.15, 0.2) is 0 Å². The molecule has 1 fully saturated rings. The van der Waals surface area contributed by atoms with Gasteiger partial charge >= 0.3 is 0 Å². The van der Waals surface area contributed by atoms with Gasteiger partial charge in [0.1, 0.15) is 17.3 Å². The van der Waals surface area contributed by atoms with E-state index >= 15 is 0 Å². The van der Waals surface area contributed by atoms with Crippen molar-refractivity contribution in [3.63, 3.8) is 0 Å². The van der Waals surface area contributed by atoms with Crippen LogP contribution in [0, 0.1) is 23.2 Å². The van der Waals surface area contributed by atoms with Gasteiger partial charge in [0, 0.05) is 29.3 Å². The van der Waals surface area contributed by atoms with Crippen molar-refractivity contribution >= 4 is 17.0 Å². The van der Waals surface area contributed by atoms with Crippen LogP contribution in [0.4, 0.5) is 0 Å². The first-order valence-corrected chi connectivity index (χ1v) is 8.25. The summed E-state index contributed by atoms with van der Waals surface area (Å²) in [6.45, 7) is 4.47. The van der Waals surface area contributed by atoms with Crippen LogP contribution in [-0.2, 0) is 0 Å². The molecule has 0 saturated carbocycles. The zero-order valence-corrected chi connectivity index (χ0v) is 12.4. The number of hydrogen-bond donors (Lipinski definition) is 1. The first-order chi connectivity index (χ1) is 9.79. The third-order valence-corrected chi connectivity index (χ3v) is 5.97. The van der Waals surface area contributed by atoms with Crippen molar-refractivity contribution in [1.29, 1.82) is 5.26 Å². The second-order valence-corrected chi connectivity index (χ2v) is 7.01. The number of rotatable bonds is 1. The Bertz CT molecular complexity index is 627. The minimum atomic E-state index is -0.0840. The fourth-order valence-corrected chi connectivity index (χ4v) is 4.92. The molecule has 0 amide bonds. The topological polar surface area (TPSA) is 40.6 Å². The van der Waals surface area contributed by atoms with Crippen LogP contribution in [0.25, 0.3) is 0 Å². The van der Waals surface area contributed by atoms with Gasteiger partial charge in [-0.15, -0.1) is 11.3 Å². The normalized spacial score (nSPS) is 35.5. The van der Waals surface area contributed by atoms with E-state index in [-0.39, 0.29) is 11.8 Å². The van der Waals surface area contributed by atoms with E-state index < -0.39 is 0 Å². The lowest BCUT2D eigenvalue weighted by atomic mass is 9.75. The van der Waals surface area contributed by atoms with E-state index in [2.05, 4.69) is 23.6 Å². The van der Waals surface area contributed by atoms with Crippen LogP contribution in [0.2, 0.25) is 0 Å². The zero-order chi connectivity index (χ0) is 13.7. The first-order valence-electron chi connectivity index (χ1n) is 7.37. The Hall–Kier alpha value is -1.44. The van der Waals surface area contributed by atoms with E-state index in [1.807, 2.05) is 6.92 Å². The van der Waals surface area contributed by atoms with Gasteiger partial charge in [-0.05, 0) is 18.4 Å². The molecule has 2 atom stereocenters. The fourth-order valence-electron chi connectivity index (χ4n) is 4.05. The number of thiophene rings is 1. The van der Waals surface area contributed by atoms with E-state index in [1.54, 1.807) is 16.2 Å². The van der Waals surface area contributed by atoms with Crippen molar-refractivity contribution in [1.82, 2.24) is 0 Å². The van der Waals surface area contributed by atoms with Crippen LogP contribution in [-0.4, -0.2) is 18.8 Å². The predicted octanol–water partition coefficient (Wildman–Crippen LogP) is 1.97. The van der Waals surface area contributed by atoms with Gasteiger partial charge in [-0.3, -0.25) is 4.99 Å². The highest BCUT2D eigenvalue weighted by atomic mass is 32.1. The standard InChI is InChI=1S/C16H17N3S/c1-10-12(9-17)14(13-3-2-8-20-13)16-15(18-10)11-4-6-19(16)7-5-11/h2-3,8,11-12,14H,4-7H2,1H3/p+1/t12?,14-/m1/s1. The number of nitrogens with one attached hydrogen (secondary N) is 1. The fraction of sp³-hybridized carbons (Fsp3) is 0.500. The second kappa shape index (κ2) is 4.54. The number of quaternary nitrogens is 1. The molecule has 1 aromatic heterocycles.